The predicted octanol–water partition coefficient (Wildman–Crippen LogP) is -7.56. The third kappa shape index (κ3) is 7.10. The fraction of sp³-hybridized carbons (Fsp3) is 1.00. The van der Waals surface area contributed by atoms with Gasteiger partial charge < -0.3 is 84.6 Å². The van der Waals surface area contributed by atoms with Gasteiger partial charge in [0.2, 0.25) is 0 Å². The molecule has 0 bridgehead atoms. The molecule has 11 N–H and O–H groups in total. The first-order valence-corrected chi connectivity index (χ1v) is 11.7. The Hall–Kier alpha value is -0.680. The normalized spacial score (nSPS) is 45.8. The summed E-state index contributed by atoms with van der Waals surface area (Å²) in [6.07, 6.45) is -23.2. The monoisotopic (exact) mass is 548 g/mol. The molecule has 3 rings (SSSR count). The second-order valence-electron chi connectivity index (χ2n) is 9.06. The van der Waals surface area contributed by atoms with Gasteiger partial charge in [-0.05, 0) is 0 Å². The molecule has 0 aromatic rings. The van der Waals surface area contributed by atoms with Crippen molar-refractivity contribution in [3.63, 3.8) is 0 Å². The Morgan fingerprint density at radius 1 is 0.595 bits per heavy atom. The van der Waals surface area contributed by atoms with Gasteiger partial charge in [0, 0.05) is 0 Å². The summed E-state index contributed by atoms with van der Waals surface area (Å²) in [6, 6.07) is 0. The Bertz CT molecular complexity index is 653. The van der Waals surface area contributed by atoms with Crippen LogP contribution in [0.25, 0.3) is 0 Å². The van der Waals surface area contributed by atoms with E-state index in [4.69, 9.17) is 33.5 Å². The van der Waals surface area contributed by atoms with E-state index in [-0.39, 0.29) is 13.2 Å². The van der Waals surface area contributed by atoms with Gasteiger partial charge in [-0.1, -0.05) is 0 Å². The van der Waals surface area contributed by atoms with E-state index < -0.39 is 112 Å². The molecular weight excluding hydrogens is 512 g/mol. The second-order valence-corrected chi connectivity index (χ2v) is 9.06. The molecule has 0 radical (unpaired) electrons. The van der Waals surface area contributed by atoms with Crippen LogP contribution in [0.15, 0.2) is 0 Å². The van der Waals surface area contributed by atoms with Gasteiger partial charge >= 0.3 is 0 Å². The molecule has 0 aliphatic carbocycles. The average molecular weight is 548 g/mol. The van der Waals surface area contributed by atoms with Crippen LogP contribution < -0.4 is 0 Å². The van der Waals surface area contributed by atoms with Crippen molar-refractivity contribution >= 4 is 0 Å². The molecule has 0 saturated carbocycles. The zero-order valence-corrected chi connectivity index (χ0v) is 19.6. The van der Waals surface area contributed by atoms with Crippen molar-refractivity contribution in [3.8, 4) is 0 Å². The van der Waals surface area contributed by atoms with Crippen LogP contribution in [-0.4, -0.2) is 181 Å². The second kappa shape index (κ2) is 13.6. The van der Waals surface area contributed by atoms with E-state index in [9.17, 15) is 51.1 Å². The van der Waals surface area contributed by atoms with Gasteiger partial charge in [-0.15, -0.1) is 0 Å². The Morgan fingerprint density at radius 3 is 1.57 bits per heavy atom. The van der Waals surface area contributed by atoms with E-state index in [0.29, 0.717) is 0 Å². The zero-order valence-electron chi connectivity index (χ0n) is 19.6. The van der Waals surface area contributed by atoms with Crippen molar-refractivity contribution in [2.24, 2.45) is 0 Å². The number of ether oxygens (including phenoxy) is 6. The van der Waals surface area contributed by atoms with E-state index in [1.807, 2.05) is 0 Å². The Morgan fingerprint density at radius 2 is 1.05 bits per heavy atom. The minimum atomic E-state index is -1.78. The minimum absolute atomic E-state index is 0.340. The first-order chi connectivity index (χ1) is 17.5. The van der Waals surface area contributed by atoms with Crippen LogP contribution in [-0.2, 0) is 28.4 Å². The van der Waals surface area contributed by atoms with Crippen molar-refractivity contribution in [2.75, 3.05) is 33.0 Å². The fourth-order valence-electron chi connectivity index (χ4n) is 4.02. The molecule has 3 saturated heterocycles. The molecule has 3 heterocycles. The largest absolute Gasteiger partial charge is 0.394 e. The van der Waals surface area contributed by atoms with Crippen molar-refractivity contribution in [1.29, 1.82) is 0 Å². The summed E-state index contributed by atoms with van der Waals surface area (Å²) in [6.45, 7) is -2.78. The molecule has 3 aliphatic heterocycles. The molecule has 37 heavy (non-hydrogen) atoms. The van der Waals surface area contributed by atoms with E-state index in [0.717, 1.165) is 0 Å². The van der Waals surface area contributed by atoms with Crippen LogP contribution in [0.3, 0.4) is 0 Å². The quantitative estimate of drug-likeness (QED) is 0.121. The average Bonchev–Trinajstić information content (AvgIpc) is 2.89. The summed E-state index contributed by atoms with van der Waals surface area (Å²) in [5.74, 6) is 0. The first-order valence-electron chi connectivity index (χ1n) is 11.7. The van der Waals surface area contributed by atoms with Gasteiger partial charge in [0.1, 0.15) is 73.2 Å². The summed E-state index contributed by atoms with van der Waals surface area (Å²) in [7, 11) is 0. The first kappa shape index (κ1) is 30.9. The maximum absolute atomic E-state index is 10.5. The summed E-state index contributed by atoms with van der Waals surface area (Å²) in [4.78, 5) is 0. The molecule has 0 unspecified atom stereocenters. The van der Waals surface area contributed by atoms with E-state index in [1.165, 1.54) is 0 Å². The maximum atomic E-state index is 10.5. The lowest BCUT2D eigenvalue weighted by molar-refractivity contribution is -0.352. The third-order valence-electron chi connectivity index (χ3n) is 6.39. The lowest BCUT2D eigenvalue weighted by atomic mass is 10.0. The standard InChI is InChI=1S/C20H36O17/c21-1-6(23)11(25)8(2-22)35-19-16(30)13(27)10(4-33-19)37-20-17(31)14(28)9(5-34-20)36-18-15(29)12(26)7(24)3-32-18/h6-31H,1-5H2/t6-,7+,8+,9+,10+,11+,12-,13-,14-,15+,16+,17+,18-,19-,20-/m0/s1. The number of hydrogen-bond acceptors (Lipinski definition) is 17. The lowest BCUT2D eigenvalue weighted by Crippen LogP contribution is -2.62. The molecule has 3 aliphatic rings. The molecule has 3 fully saturated rings. The van der Waals surface area contributed by atoms with Crippen molar-refractivity contribution in [3.05, 3.63) is 0 Å². The molecule has 17 heteroatoms. The molecule has 15 atom stereocenters. The topological polar surface area (TPSA) is 278 Å². The van der Waals surface area contributed by atoms with Crippen LogP contribution in [0.5, 0.6) is 0 Å². The molecule has 0 aromatic carbocycles. The summed E-state index contributed by atoms with van der Waals surface area (Å²) >= 11 is 0. The Balaban J connectivity index is 1.52. The smallest absolute Gasteiger partial charge is 0.186 e. The van der Waals surface area contributed by atoms with E-state index in [1.54, 1.807) is 0 Å². The van der Waals surface area contributed by atoms with Gasteiger partial charge in [-0.3, -0.25) is 0 Å². The molecular formula is C20H36O17. The van der Waals surface area contributed by atoms with Gasteiger partial charge in [-0.25, -0.2) is 0 Å². The van der Waals surface area contributed by atoms with Gasteiger partial charge in [0.15, 0.2) is 18.9 Å². The summed E-state index contributed by atoms with van der Waals surface area (Å²) < 4.78 is 31.8. The Labute approximate surface area is 210 Å². The van der Waals surface area contributed by atoms with Crippen molar-refractivity contribution < 1.29 is 84.6 Å². The van der Waals surface area contributed by atoms with Crippen LogP contribution >= 0.6 is 0 Å². The van der Waals surface area contributed by atoms with Crippen LogP contribution in [0.2, 0.25) is 0 Å². The van der Waals surface area contributed by atoms with Crippen LogP contribution in [0, 0.1) is 0 Å². The van der Waals surface area contributed by atoms with E-state index >= 15 is 0 Å². The van der Waals surface area contributed by atoms with Crippen molar-refractivity contribution in [1.82, 2.24) is 0 Å². The van der Waals surface area contributed by atoms with Crippen molar-refractivity contribution in [2.45, 2.75) is 92.1 Å². The highest BCUT2D eigenvalue weighted by Gasteiger charge is 2.48. The minimum Gasteiger partial charge on any atom is -0.394 e. The highest BCUT2D eigenvalue weighted by molar-refractivity contribution is 4.90. The summed E-state index contributed by atoms with van der Waals surface area (Å²) in [5, 5.41) is 109. The number of aliphatic hydroxyl groups is 11. The van der Waals surface area contributed by atoms with Gasteiger partial charge in [0.05, 0.1) is 33.0 Å². The van der Waals surface area contributed by atoms with Gasteiger partial charge in [-0.2, -0.15) is 0 Å². The Kier molecular flexibility index (Phi) is 11.3. The highest BCUT2D eigenvalue weighted by atomic mass is 16.7. The third-order valence-corrected chi connectivity index (χ3v) is 6.39. The molecule has 0 spiro atoms. The maximum Gasteiger partial charge on any atom is 0.186 e. The highest BCUT2D eigenvalue weighted by Crippen LogP contribution is 2.27. The SMILES string of the molecule is OC[C@H](O)[C@@H](O)[C@@H](CO)O[C@@H]1OC[C@@H](O[C@@H]2OC[C@@H](O[C@@H]3OC[C@@H](O)[C@H](O)[C@H]3O)[C@H](O)[C@H]2O)[C@H](O)[C@H]1O. The molecule has 0 aromatic heterocycles. The molecule has 17 nitrogen and oxygen atoms in total. The van der Waals surface area contributed by atoms with E-state index in [2.05, 4.69) is 0 Å². The number of hydrogen-bond donors (Lipinski definition) is 11. The lowest BCUT2D eigenvalue weighted by Gasteiger charge is -2.44. The number of aliphatic hydroxyl groups excluding tert-OH is 11. The predicted molar refractivity (Wildman–Crippen MR) is 112 cm³/mol. The fourth-order valence-corrected chi connectivity index (χ4v) is 4.02. The molecule has 218 valence electrons. The van der Waals surface area contributed by atoms with Crippen LogP contribution in [0.4, 0.5) is 0 Å². The zero-order chi connectivity index (χ0) is 27.4. The van der Waals surface area contributed by atoms with Crippen LogP contribution in [0.1, 0.15) is 0 Å². The number of rotatable bonds is 10. The summed E-state index contributed by atoms with van der Waals surface area (Å²) in [5.41, 5.74) is 0. The van der Waals surface area contributed by atoms with Gasteiger partial charge in [0.25, 0.3) is 0 Å². The molecule has 0 amide bonds.